The van der Waals surface area contributed by atoms with Gasteiger partial charge in [0.25, 0.3) is 0 Å². The van der Waals surface area contributed by atoms with Crippen molar-refractivity contribution in [3.63, 3.8) is 0 Å². The molecule has 0 amide bonds. The fourth-order valence-electron chi connectivity index (χ4n) is 0.719. The normalized spacial score (nSPS) is 13.5. The fraction of sp³-hybridized carbons (Fsp3) is 1.00. The molecule has 3 heteroatoms. The Morgan fingerprint density at radius 2 is 1.75 bits per heavy atom. The van der Waals surface area contributed by atoms with Crippen LogP contribution < -0.4 is 11.1 Å². The van der Waals surface area contributed by atoms with Gasteiger partial charge in [-0.25, -0.2) is 0 Å². The summed E-state index contributed by atoms with van der Waals surface area (Å²) < 4.78 is 0. The van der Waals surface area contributed by atoms with E-state index in [-0.39, 0.29) is 5.54 Å². The zero-order valence-electron chi connectivity index (χ0n) is 8.65. The predicted octanol–water partition coefficient (Wildman–Crippen LogP) is 0.474. The van der Waals surface area contributed by atoms with E-state index in [0.29, 0.717) is 6.54 Å². The maximum Gasteiger partial charge on any atom is 0.0767 e. The Kier molecular flexibility index (Phi) is 4.17. The van der Waals surface area contributed by atoms with Crippen LogP contribution in [-0.2, 0) is 0 Å². The second-order valence-corrected chi connectivity index (χ2v) is 4.25. The molecule has 0 unspecified atom stereocenters. The molecule has 74 valence electrons. The van der Waals surface area contributed by atoms with Crippen molar-refractivity contribution in [3.8, 4) is 0 Å². The molecule has 0 saturated heterocycles. The van der Waals surface area contributed by atoms with E-state index >= 15 is 0 Å². The first-order valence-corrected chi connectivity index (χ1v) is 4.49. The lowest BCUT2D eigenvalue weighted by atomic mass is 9.86. The van der Waals surface area contributed by atoms with Crippen LogP contribution in [0.5, 0.6) is 0 Å². The predicted molar refractivity (Wildman–Crippen MR) is 52.1 cm³/mol. The summed E-state index contributed by atoms with van der Waals surface area (Å²) in [5.74, 6) is 0. The summed E-state index contributed by atoms with van der Waals surface area (Å²) >= 11 is 0. The molecule has 0 aromatic rings. The second-order valence-electron chi connectivity index (χ2n) is 4.25. The Bertz CT molecular complexity index is 127. The van der Waals surface area contributed by atoms with Gasteiger partial charge in [-0.15, -0.1) is 0 Å². The molecule has 0 atom stereocenters. The van der Waals surface area contributed by atoms with Crippen LogP contribution in [0.1, 0.15) is 34.1 Å². The number of hydrogen-bond donors (Lipinski definition) is 3. The first kappa shape index (κ1) is 11.9. The van der Waals surface area contributed by atoms with Crippen molar-refractivity contribution in [3.05, 3.63) is 0 Å². The molecule has 0 spiro atoms. The van der Waals surface area contributed by atoms with Gasteiger partial charge in [-0.05, 0) is 47.2 Å². The van der Waals surface area contributed by atoms with Crippen LogP contribution in [-0.4, -0.2) is 29.3 Å². The van der Waals surface area contributed by atoms with Crippen LogP contribution in [0.4, 0.5) is 0 Å². The largest absolute Gasteiger partial charge is 0.389 e. The minimum atomic E-state index is -0.707. The van der Waals surface area contributed by atoms with Gasteiger partial charge in [-0.2, -0.15) is 0 Å². The van der Waals surface area contributed by atoms with Crippen molar-refractivity contribution < 1.29 is 5.11 Å². The lowest BCUT2D eigenvalue weighted by Crippen LogP contribution is -2.56. The minimum Gasteiger partial charge on any atom is -0.389 e. The zero-order chi connectivity index (χ0) is 9.83. The summed E-state index contributed by atoms with van der Waals surface area (Å²) in [6.45, 7) is 9.14. The summed E-state index contributed by atoms with van der Waals surface area (Å²) in [5, 5.41) is 13.0. The summed E-state index contributed by atoms with van der Waals surface area (Å²) in [6, 6.07) is 0. The molecule has 0 aliphatic heterocycles. The molecule has 0 bridgehead atoms. The van der Waals surface area contributed by atoms with E-state index < -0.39 is 5.60 Å². The topological polar surface area (TPSA) is 58.3 Å². The Morgan fingerprint density at radius 3 is 2.08 bits per heavy atom. The molecule has 0 rings (SSSR count). The lowest BCUT2D eigenvalue weighted by molar-refractivity contribution is -0.00427. The van der Waals surface area contributed by atoms with Gasteiger partial charge in [-0.1, -0.05) is 0 Å². The standard InChI is InChI=1S/C9H22N2O/c1-8(2,9(3,4)12)11-7-5-6-10/h11-12H,5-7,10H2,1-4H3. The molecule has 12 heavy (non-hydrogen) atoms. The molecule has 0 aliphatic rings. The maximum absolute atomic E-state index is 9.75. The summed E-state index contributed by atoms with van der Waals surface area (Å²) in [7, 11) is 0. The summed E-state index contributed by atoms with van der Waals surface area (Å²) in [5.41, 5.74) is 4.40. The highest BCUT2D eigenvalue weighted by Crippen LogP contribution is 2.19. The van der Waals surface area contributed by atoms with Gasteiger partial charge in [0.15, 0.2) is 0 Å². The number of aliphatic hydroxyl groups is 1. The third-order valence-electron chi connectivity index (χ3n) is 2.48. The van der Waals surface area contributed by atoms with Gasteiger partial charge in [0.1, 0.15) is 0 Å². The number of rotatable bonds is 5. The van der Waals surface area contributed by atoms with E-state index in [1.165, 1.54) is 0 Å². The molecule has 0 heterocycles. The number of nitrogens with two attached hydrogens (primary N) is 1. The van der Waals surface area contributed by atoms with E-state index in [9.17, 15) is 5.11 Å². The van der Waals surface area contributed by atoms with Gasteiger partial charge in [0.2, 0.25) is 0 Å². The first-order valence-electron chi connectivity index (χ1n) is 4.49. The zero-order valence-corrected chi connectivity index (χ0v) is 8.65. The fourth-order valence-corrected chi connectivity index (χ4v) is 0.719. The summed E-state index contributed by atoms with van der Waals surface area (Å²) in [6.07, 6.45) is 0.944. The van der Waals surface area contributed by atoms with E-state index in [2.05, 4.69) is 5.32 Å². The third-order valence-corrected chi connectivity index (χ3v) is 2.48. The highest BCUT2D eigenvalue weighted by Gasteiger charge is 2.33. The van der Waals surface area contributed by atoms with Crippen molar-refractivity contribution >= 4 is 0 Å². The Hall–Kier alpha value is -0.120. The Morgan fingerprint density at radius 1 is 1.25 bits per heavy atom. The second kappa shape index (κ2) is 4.21. The number of nitrogens with one attached hydrogen (secondary N) is 1. The highest BCUT2D eigenvalue weighted by atomic mass is 16.3. The monoisotopic (exact) mass is 174 g/mol. The maximum atomic E-state index is 9.75. The van der Waals surface area contributed by atoms with Crippen LogP contribution in [0.3, 0.4) is 0 Å². The van der Waals surface area contributed by atoms with Crippen molar-refractivity contribution in [2.45, 2.75) is 45.3 Å². The molecule has 0 aromatic heterocycles. The lowest BCUT2D eigenvalue weighted by Gasteiger charge is -2.38. The van der Waals surface area contributed by atoms with Crippen molar-refractivity contribution in [2.75, 3.05) is 13.1 Å². The van der Waals surface area contributed by atoms with E-state index in [0.717, 1.165) is 13.0 Å². The summed E-state index contributed by atoms with van der Waals surface area (Å²) in [4.78, 5) is 0. The molecule has 3 nitrogen and oxygen atoms in total. The van der Waals surface area contributed by atoms with Crippen molar-refractivity contribution in [1.29, 1.82) is 0 Å². The Labute approximate surface area is 75.3 Å². The van der Waals surface area contributed by atoms with E-state index in [1.807, 2.05) is 27.7 Å². The number of hydrogen-bond acceptors (Lipinski definition) is 3. The van der Waals surface area contributed by atoms with Gasteiger partial charge < -0.3 is 16.2 Å². The van der Waals surface area contributed by atoms with Gasteiger partial charge in [0.05, 0.1) is 5.60 Å². The molecule has 4 N–H and O–H groups in total. The van der Waals surface area contributed by atoms with E-state index in [4.69, 9.17) is 5.73 Å². The van der Waals surface area contributed by atoms with Crippen LogP contribution in [0.2, 0.25) is 0 Å². The SMILES string of the molecule is CC(C)(O)C(C)(C)NCCCN. The smallest absolute Gasteiger partial charge is 0.0767 e. The molecule has 0 aromatic carbocycles. The van der Waals surface area contributed by atoms with Crippen LogP contribution in [0.25, 0.3) is 0 Å². The average Bonchev–Trinajstić information content (AvgIpc) is 1.85. The highest BCUT2D eigenvalue weighted by molar-refractivity contribution is 4.93. The quantitative estimate of drug-likeness (QED) is 0.531. The van der Waals surface area contributed by atoms with Gasteiger partial charge >= 0.3 is 0 Å². The molecule has 0 fully saturated rings. The van der Waals surface area contributed by atoms with Crippen molar-refractivity contribution in [2.24, 2.45) is 5.73 Å². The van der Waals surface area contributed by atoms with Crippen LogP contribution in [0.15, 0.2) is 0 Å². The van der Waals surface area contributed by atoms with Gasteiger partial charge in [0, 0.05) is 5.54 Å². The van der Waals surface area contributed by atoms with Crippen LogP contribution >= 0.6 is 0 Å². The molecule has 0 saturated carbocycles. The average molecular weight is 174 g/mol. The molecular formula is C9H22N2O. The molecular weight excluding hydrogens is 152 g/mol. The minimum absolute atomic E-state index is 0.262. The molecule has 0 radical (unpaired) electrons. The van der Waals surface area contributed by atoms with Crippen LogP contribution in [0, 0.1) is 0 Å². The van der Waals surface area contributed by atoms with Crippen molar-refractivity contribution in [1.82, 2.24) is 5.32 Å². The van der Waals surface area contributed by atoms with E-state index in [1.54, 1.807) is 0 Å². The molecule has 0 aliphatic carbocycles. The Balaban J connectivity index is 3.88. The third kappa shape index (κ3) is 3.52. The first-order chi connectivity index (χ1) is 5.31. The van der Waals surface area contributed by atoms with Gasteiger partial charge in [-0.3, -0.25) is 0 Å².